The maximum Gasteiger partial charge on any atom is 0.291 e. The lowest BCUT2D eigenvalue weighted by Crippen LogP contribution is -2.24. The zero-order valence-electron chi connectivity index (χ0n) is 28.5. The molecule has 252 valence electrons. The van der Waals surface area contributed by atoms with Crippen LogP contribution in [0.4, 0.5) is 0 Å². The van der Waals surface area contributed by atoms with Gasteiger partial charge in [-0.1, -0.05) is 88.4 Å². The van der Waals surface area contributed by atoms with Gasteiger partial charge in [0.1, 0.15) is 40.2 Å². The predicted octanol–water partition coefficient (Wildman–Crippen LogP) is 9.77. The van der Waals surface area contributed by atoms with E-state index in [1.807, 2.05) is 72.8 Å². The number of ketones is 1. The minimum Gasteiger partial charge on any atom is -0.497 e. The summed E-state index contributed by atoms with van der Waals surface area (Å²) in [5, 5.41) is 1.21. The molecule has 3 aromatic carbocycles. The molecular formula is C39H43NO6S2. The Morgan fingerprint density at radius 2 is 1.12 bits per heavy atom. The van der Waals surface area contributed by atoms with Crippen LogP contribution < -0.4 is 14.2 Å². The Morgan fingerprint density at radius 1 is 0.667 bits per heavy atom. The van der Waals surface area contributed by atoms with Crippen LogP contribution in [0.5, 0.6) is 17.2 Å². The SMILES string of the molecule is CON(C)C(=O)c1sc(C(C)C)cc1OCc1ccccc1.COc1ccc(C(=O)c2sc(C(C)C)cc2OCc2ccccc2)cc1. The van der Waals surface area contributed by atoms with Crippen LogP contribution in [0, 0.1) is 0 Å². The van der Waals surface area contributed by atoms with Crippen LogP contribution in [-0.4, -0.2) is 38.0 Å². The molecule has 0 aliphatic heterocycles. The molecule has 0 radical (unpaired) electrons. The van der Waals surface area contributed by atoms with Gasteiger partial charge >= 0.3 is 0 Å². The lowest BCUT2D eigenvalue weighted by molar-refractivity contribution is -0.0755. The molecule has 0 spiro atoms. The highest BCUT2D eigenvalue weighted by atomic mass is 32.1. The average molecular weight is 686 g/mol. The number of hydroxylamine groups is 2. The second-order valence-corrected chi connectivity index (χ2v) is 13.8. The maximum absolute atomic E-state index is 13.0. The largest absolute Gasteiger partial charge is 0.497 e. The molecule has 7 nitrogen and oxygen atoms in total. The molecule has 9 heteroatoms. The Hall–Kier alpha value is -4.44. The van der Waals surface area contributed by atoms with Gasteiger partial charge in [-0.3, -0.25) is 14.4 Å². The minimum absolute atomic E-state index is 0.0207. The molecule has 0 N–H and O–H groups in total. The molecule has 0 unspecified atom stereocenters. The van der Waals surface area contributed by atoms with E-state index in [4.69, 9.17) is 19.0 Å². The minimum atomic E-state index is -0.192. The number of carbonyl (C=O) groups is 2. The van der Waals surface area contributed by atoms with Crippen molar-refractivity contribution in [1.82, 2.24) is 5.06 Å². The Morgan fingerprint density at radius 3 is 1.56 bits per heavy atom. The first-order valence-electron chi connectivity index (χ1n) is 15.7. The third-order valence-electron chi connectivity index (χ3n) is 7.36. The number of ether oxygens (including phenoxy) is 3. The van der Waals surface area contributed by atoms with Gasteiger partial charge < -0.3 is 14.2 Å². The summed E-state index contributed by atoms with van der Waals surface area (Å²) in [7, 11) is 4.68. The Bertz CT molecular complexity index is 1740. The quantitative estimate of drug-likeness (QED) is 0.0908. The number of benzene rings is 3. The van der Waals surface area contributed by atoms with Gasteiger partial charge in [0.25, 0.3) is 5.91 Å². The maximum atomic E-state index is 13.0. The van der Waals surface area contributed by atoms with E-state index in [0.29, 0.717) is 51.9 Å². The first-order valence-corrected chi connectivity index (χ1v) is 17.4. The standard InChI is InChI=1S/C22H22O3S.C17H21NO3S/c1-15(2)20-13-19(25-14-16-7-5-4-6-8-16)22(26-20)21(23)17-9-11-18(24-3)12-10-17;1-12(2)15-10-14(16(22-15)17(19)18(3)20-4)21-11-13-8-6-5-7-9-13/h4-13,15H,14H2,1-3H3;5-10,12H,11H2,1-4H3. The predicted molar refractivity (Wildman–Crippen MR) is 194 cm³/mol. The fraction of sp³-hybridized carbons (Fsp3) is 0.282. The summed E-state index contributed by atoms with van der Waals surface area (Å²) in [5.41, 5.74) is 2.78. The van der Waals surface area contributed by atoms with Crippen molar-refractivity contribution in [2.24, 2.45) is 0 Å². The van der Waals surface area contributed by atoms with E-state index in [2.05, 4.69) is 27.7 Å². The molecule has 0 atom stereocenters. The molecule has 2 heterocycles. The molecule has 2 aromatic heterocycles. The van der Waals surface area contributed by atoms with E-state index in [-0.39, 0.29) is 11.7 Å². The van der Waals surface area contributed by atoms with Gasteiger partial charge in [0.15, 0.2) is 0 Å². The van der Waals surface area contributed by atoms with Gasteiger partial charge in [0.2, 0.25) is 5.78 Å². The first kappa shape index (κ1) is 36.4. The smallest absolute Gasteiger partial charge is 0.291 e. The number of amides is 1. The molecule has 0 saturated carbocycles. The van der Waals surface area contributed by atoms with Gasteiger partial charge in [-0.05, 0) is 59.4 Å². The van der Waals surface area contributed by atoms with E-state index < -0.39 is 0 Å². The van der Waals surface area contributed by atoms with Crippen LogP contribution in [0.2, 0.25) is 0 Å². The highest BCUT2D eigenvalue weighted by Crippen LogP contribution is 2.37. The van der Waals surface area contributed by atoms with Gasteiger partial charge in [0.05, 0.1) is 14.2 Å². The van der Waals surface area contributed by atoms with Crippen LogP contribution in [0.25, 0.3) is 0 Å². The van der Waals surface area contributed by atoms with E-state index in [9.17, 15) is 9.59 Å². The molecule has 5 rings (SSSR count). The summed E-state index contributed by atoms with van der Waals surface area (Å²) in [6, 6.07) is 31.0. The lowest BCUT2D eigenvalue weighted by Gasteiger charge is -2.13. The molecule has 0 aliphatic rings. The number of methoxy groups -OCH3 is 1. The van der Waals surface area contributed by atoms with Crippen molar-refractivity contribution < 1.29 is 28.6 Å². The highest BCUT2D eigenvalue weighted by Gasteiger charge is 2.23. The number of rotatable bonds is 13. The molecule has 1 amide bonds. The van der Waals surface area contributed by atoms with E-state index >= 15 is 0 Å². The third kappa shape index (κ3) is 9.79. The highest BCUT2D eigenvalue weighted by molar-refractivity contribution is 7.15. The van der Waals surface area contributed by atoms with Crippen LogP contribution in [0.15, 0.2) is 97.1 Å². The zero-order chi connectivity index (χ0) is 34.6. The number of hydrogen-bond donors (Lipinski definition) is 0. The molecule has 0 fully saturated rings. The van der Waals surface area contributed by atoms with Crippen molar-refractivity contribution in [3.63, 3.8) is 0 Å². The fourth-order valence-electron chi connectivity index (χ4n) is 4.45. The van der Waals surface area contributed by atoms with Gasteiger partial charge in [-0.25, -0.2) is 5.06 Å². The fourth-order valence-corrected chi connectivity index (χ4v) is 6.58. The van der Waals surface area contributed by atoms with Crippen molar-refractivity contribution in [2.75, 3.05) is 21.3 Å². The molecule has 0 saturated heterocycles. The molecular weight excluding hydrogens is 643 g/mol. The second-order valence-electron chi connectivity index (χ2n) is 11.6. The van der Waals surface area contributed by atoms with Crippen LogP contribution in [0.1, 0.15) is 85.3 Å². The number of hydrogen-bond acceptors (Lipinski definition) is 8. The summed E-state index contributed by atoms with van der Waals surface area (Å²) in [5.74, 6) is 2.48. The molecule has 48 heavy (non-hydrogen) atoms. The van der Waals surface area contributed by atoms with Gasteiger partial charge in [0, 0.05) is 22.4 Å². The summed E-state index contributed by atoms with van der Waals surface area (Å²) < 4.78 is 17.1. The topological polar surface area (TPSA) is 74.3 Å². The number of nitrogens with zero attached hydrogens (tertiary/aromatic N) is 1. The Kier molecular flexibility index (Phi) is 13.4. The van der Waals surface area contributed by atoms with Crippen molar-refractivity contribution in [3.8, 4) is 17.2 Å². The molecule has 5 aromatic rings. The summed E-state index contributed by atoms with van der Waals surface area (Å²) in [4.78, 5) is 33.9. The van der Waals surface area contributed by atoms with Crippen molar-refractivity contribution >= 4 is 34.4 Å². The number of thiophene rings is 2. The zero-order valence-corrected chi connectivity index (χ0v) is 30.2. The monoisotopic (exact) mass is 685 g/mol. The van der Waals surface area contributed by atoms with E-state index in [1.54, 1.807) is 38.4 Å². The Balaban J connectivity index is 0.000000220. The lowest BCUT2D eigenvalue weighted by atomic mass is 10.1. The first-order chi connectivity index (χ1) is 23.1. The molecule has 0 bridgehead atoms. The van der Waals surface area contributed by atoms with Crippen LogP contribution in [-0.2, 0) is 18.1 Å². The van der Waals surface area contributed by atoms with Crippen LogP contribution in [0.3, 0.4) is 0 Å². The number of carbonyl (C=O) groups excluding carboxylic acids is 2. The van der Waals surface area contributed by atoms with E-state index in [1.165, 1.54) is 34.8 Å². The van der Waals surface area contributed by atoms with Crippen molar-refractivity contribution in [2.45, 2.75) is 52.7 Å². The average Bonchev–Trinajstić information content (AvgIpc) is 3.75. The second kappa shape index (κ2) is 17.6. The Labute approximate surface area is 291 Å². The third-order valence-corrected chi connectivity index (χ3v) is 10.2. The van der Waals surface area contributed by atoms with Gasteiger partial charge in [-0.2, -0.15) is 0 Å². The van der Waals surface area contributed by atoms with Crippen LogP contribution >= 0.6 is 22.7 Å². The van der Waals surface area contributed by atoms with Gasteiger partial charge in [-0.15, -0.1) is 22.7 Å². The molecule has 0 aliphatic carbocycles. The summed E-state index contributed by atoms with van der Waals surface area (Å²) in [6.45, 7) is 9.31. The normalized spacial score (nSPS) is 10.8. The van der Waals surface area contributed by atoms with Crippen molar-refractivity contribution in [3.05, 3.63) is 133 Å². The summed E-state index contributed by atoms with van der Waals surface area (Å²) in [6.07, 6.45) is 0. The van der Waals surface area contributed by atoms with Crippen molar-refractivity contribution in [1.29, 1.82) is 0 Å². The van der Waals surface area contributed by atoms with E-state index in [0.717, 1.165) is 26.6 Å². The summed E-state index contributed by atoms with van der Waals surface area (Å²) >= 11 is 2.97.